The van der Waals surface area contributed by atoms with E-state index in [4.69, 9.17) is 16.3 Å². The number of aryl methyl sites for hydroxylation is 1. The predicted octanol–water partition coefficient (Wildman–Crippen LogP) is 3.42. The SMILES string of the molecule is CCOc1cc(C)c(Cl)c(C)c1CCC(O)C(O)CC. The molecule has 0 fully saturated rings. The second-order valence-corrected chi connectivity index (χ2v) is 5.50. The molecule has 1 aromatic rings. The van der Waals surface area contributed by atoms with Gasteiger partial charge in [0.1, 0.15) is 5.75 Å². The summed E-state index contributed by atoms with van der Waals surface area (Å²) in [6.07, 6.45) is 0.294. The Hall–Kier alpha value is -0.770. The first-order valence-corrected chi connectivity index (χ1v) is 7.57. The number of aliphatic hydroxyl groups excluding tert-OH is 2. The Morgan fingerprint density at radius 2 is 1.85 bits per heavy atom. The minimum absolute atomic E-state index is 0.495. The first-order valence-electron chi connectivity index (χ1n) is 7.19. The highest BCUT2D eigenvalue weighted by Crippen LogP contribution is 2.33. The average molecular weight is 301 g/mol. The maximum absolute atomic E-state index is 9.89. The summed E-state index contributed by atoms with van der Waals surface area (Å²) >= 11 is 6.29. The molecule has 0 aromatic heterocycles. The number of hydrogen-bond acceptors (Lipinski definition) is 3. The number of rotatable bonds is 7. The Balaban J connectivity index is 2.95. The van der Waals surface area contributed by atoms with E-state index in [1.54, 1.807) is 0 Å². The number of hydrogen-bond donors (Lipinski definition) is 2. The van der Waals surface area contributed by atoms with E-state index in [0.29, 0.717) is 25.9 Å². The van der Waals surface area contributed by atoms with Crippen LogP contribution in [-0.4, -0.2) is 29.0 Å². The average Bonchev–Trinajstić information content (AvgIpc) is 2.43. The van der Waals surface area contributed by atoms with Crippen LogP contribution in [0.2, 0.25) is 5.02 Å². The smallest absolute Gasteiger partial charge is 0.123 e. The lowest BCUT2D eigenvalue weighted by Crippen LogP contribution is -2.25. The van der Waals surface area contributed by atoms with Gasteiger partial charge in [0.15, 0.2) is 0 Å². The zero-order valence-electron chi connectivity index (χ0n) is 12.7. The maximum atomic E-state index is 9.89. The van der Waals surface area contributed by atoms with Gasteiger partial charge in [-0.15, -0.1) is 0 Å². The van der Waals surface area contributed by atoms with Gasteiger partial charge in [-0.1, -0.05) is 18.5 Å². The summed E-state index contributed by atoms with van der Waals surface area (Å²) in [5.41, 5.74) is 3.00. The van der Waals surface area contributed by atoms with Crippen LogP contribution < -0.4 is 4.74 Å². The van der Waals surface area contributed by atoms with Gasteiger partial charge >= 0.3 is 0 Å². The summed E-state index contributed by atoms with van der Waals surface area (Å²) in [4.78, 5) is 0. The standard InChI is InChI=1S/C16H25ClO3/c1-5-13(18)14(19)8-7-12-11(4)16(17)10(3)9-15(12)20-6-2/h9,13-14,18-19H,5-8H2,1-4H3. The number of ether oxygens (including phenoxy) is 1. The molecule has 4 heteroatoms. The van der Waals surface area contributed by atoms with E-state index in [1.807, 2.05) is 33.8 Å². The van der Waals surface area contributed by atoms with Crippen LogP contribution in [0, 0.1) is 13.8 Å². The molecule has 1 aromatic carbocycles. The molecule has 0 bridgehead atoms. The van der Waals surface area contributed by atoms with Crippen LogP contribution in [0.25, 0.3) is 0 Å². The van der Waals surface area contributed by atoms with Crippen molar-refractivity contribution >= 4 is 11.6 Å². The van der Waals surface area contributed by atoms with E-state index in [2.05, 4.69) is 0 Å². The van der Waals surface area contributed by atoms with Crippen LogP contribution in [0.1, 0.15) is 43.4 Å². The second kappa shape index (κ2) is 7.87. The van der Waals surface area contributed by atoms with Gasteiger partial charge in [-0.3, -0.25) is 0 Å². The third-order valence-electron chi connectivity index (χ3n) is 3.63. The van der Waals surface area contributed by atoms with Crippen molar-refractivity contribution in [3.05, 3.63) is 27.8 Å². The Morgan fingerprint density at radius 1 is 1.20 bits per heavy atom. The van der Waals surface area contributed by atoms with Crippen LogP contribution in [0.5, 0.6) is 5.75 Å². The van der Waals surface area contributed by atoms with Crippen LogP contribution in [0.15, 0.2) is 6.07 Å². The molecular weight excluding hydrogens is 276 g/mol. The van der Waals surface area contributed by atoms with Crippen molar-refractivity contribution in [2.45, 2.75) is 59.2 Å². The third kappa shape index (κ3) is 4.11. The lowest BCUT2D eigenvalue weighted by atomic mass is 9.96. The van der Waals surface area contributed by atoms with Gasteiger partial charge in [-0.25, -0.2) is 0 Å². The fraction of sp³-hybridized carbons (Fsp3) is 0.625. The van der Waals surface area contributed by atoms with Gasteiger partial charge in [0.25, 0.3) is 0 Å². The highest BCUT2D eigenvalue weighted by Gasteiger charge is 2.18. The van der Waals surface area contributed by atoms with E-state index in [0.717, 1.165) is 27.5 Å². The zero-order chi connectivity index (χ0) is 15.3. The van der Waals surface area contributed by atoms with E-state index >= 15 is 0 Å². The first-order chi connectivity index (χ1) is 9.42. The van der Waals surface area contributed by atoms with Gasteiger partial charge in [-0.2, -0.15) is 0 Å². The van der Waals surface area contributed by atoms with Crippen LogP contribution in [0.3, 0.4) is 0 Å². The molecule has 3 nitrogen and oxygen atoms in total. The normalized spacial score (nSPS) is 14.2. The zero-order valence-corrected chi connectivity index (χ0v) is 13.5. The second-order valence-electron chi connectivity index (χ2n) is 5.12. The molecule has 0 aliphatic heterocycles. The molecule has 0 radical (unpaired) electrons. The molecule has 0 aliphatic rings. The fourth-order valence-electron chi connectivity index (χ4n) is 2.31. The minimum Gasteiger partial charge on any atom is -0.494 e. The van der Waals surface area contributed by atoms with E-state index in [-0.39, 0.29) is 0 Å². The molecule has 0 saturated heterocycles. The molecule has 114 valence electrons. The Morgan fingerprint density at radius 3 is 2.40 bits per heavy atom. The summed E-state index contributed by atoms with van der Waals surface area (Å²) < 4.78 is 5.67. The van der Waals surface area contributed by atoms with Gasteiger partial charge in [-0.05, 0) is 62.8 Å². The van der Waals surface area contributed by atoms with Crippen molar-refractivity contribution in [1.82, 2.24) is 0 Å². The van der Waals surface area contributed by atoms with Crippen LogP contribution >= 0.6 is 11.6 Å². The van der Waals surface area contributed by atoms with E-state index in [1.165, 1.54) is 0 Å². The van der Waals surface area contributed by atoms with Crippen molar-refractivity contribution in [3.8, 4) is 5.75 Å². The molecule has 0 saturated carbocycles. The Bertz CT molecular complexity index is 446. The number of aliphatic hydroxyl groups is 2. The lowest BCUT2D eigenvalue weighted by molar-refractivity contribution is 0.0129. The molecule has 0 heterocycles. The molecule has 20 heavy (non-hydrogen) atoms. The molecular formula is C16H25ClO3. The summed E-state index contributed by atoms with van der Waals surface area (Å²) in [5, 5.41) is 20.3. The highest BCUT2D eigenvalue weighted by molar-refractivity contribution is 6.32. The van der Waals surface area contributed by atoms with Crippen LogP contribution in [0.4, 0.5) is 0 Å². The quantitative estimate of drug-likeness (QED) is 0.811. The van der Waals surface area contributed by atoms with Crippen molar-refractivity contribution < 1.29 is 14.9 Å². The molecule has 2 atom stereocenters. The molecule has 2 unspecified atom stereocenters. The van der Waals surface area contributed by atoms with Crippen molar-refractivity contribution in [1.29, 1.82) is 0 Å². The number of halogens is 1. The van der Waals surface area contributed by atoms with Crippen molar-refractivity contribution in [2.24, 2.45) is 0 Å². The highest BCUT2D eigenvalue weighted by atomic mass is 35.5. The lowest BCUT2D eigenvalue weighted by Gasteiger charge is -2.19. The fourth-order valence-corrected chi connectivity index (χ4v) is 2.48. The maximum Gasteiger partial charge on any atom is 0.123 e. The monoisotopic (exact) mass is 300 g/mol. The Kier molecular flexibility index (Phi) is 6.80. The first kappa shape index (κ1) is 17.3. The third-order valence-corrected chi connectivity index (χ3v) is 4.21. The molecule has 0 amide bonds. The molecule has 0 spiro atoms. The Labute approximate surface area is 126 Å². The van der Waals surface area contributed by atoms with Gasteiger partial charge in [0.05, 0.1) is 18.8 Å². The molecule has 2 N–H and O–H groups in total. The van der Waals surface area contributed by atoms with E-state index in [9.17, 15) is 10.2 Å². The molecule has 0 aliphatic carbocycles. The topological polar surface area (TPSA) is 49.7 Å². The summed E-state index contributed by atoms with van der Waals surface area (Å²) in [6, 6.07) is 1.94. The summed E-state index contributed by atoms with van der Waals surface area (Å²) in [7, 11) is 0. The largest absolute Gasteiger partial charge is 0.494 e. The van der Waals surface area contributed by atoms with Gasteiger partial charge in [0, 0.05) is 5.02 Å². The van der Waals surface area contributed by atoms with Gasteiger partial charge in [0.2, 0.25) is 0 Å². The van der Waals surface area contributed by atoms with Gasteiger partial charge < -0.3 is 14.9 Å². The number of benzene rings is 1. The van der Waals surface area contributed by atoms with E-state index < -0.39 is 12.2 Å². The molecule has 1 rings (SSSR count). The predicted molar refractivity (Wildman–Crippen MR) is 82.7 cm³/mol. The van der Waals surface area contributed by atoms with Crippen molar-refractivity contribution in [3.63, 3.8) is 0 Å². The van der Waals surface area contributed by atoms with Crippen molar-refractivity contribution in [2.75, 3.05) is 6.61 Å². The summed E-state index contributed by atoms with van der Waals surface area (Å²) in [5.74, 6) is 0.824. The summed E-state index contributed by atoms with van der Waals surface area (Å²) in [6.45, 7) is 8.31. The minimum atomic E-state index is -0.714. The van der Waals surface area contributed by atoms with Crippen LogP contribution in [-0.2, 0) is 6.42 Å².